The van der Waals surface area contributed by atoms with Crippen LogP contribution < -0.4 is 21.5 Å². The summed E-state index contributed by atoms with van der Waals surface area (Å²) in [5, 5.41) is 17.5. The van der Waals surface area contributed by atoms with Crippen LogP contribution in [0.1, 0.15) is 19.4 Å². The number of hydrogen-bond donors (Lipinski definition) is 4. The van der Waals surface area contributed by atoms with E-state index in [9.17, 15) is 0 Å². The highest BCUT2D eigenvalue weighted by atomic mass is 32.1. The fourth-order valence-electron chi connectivity index (χ4n) is 2.15. The van der Waals surface area contributed by atoms with Gasteiger partial charge in [-0.3, -0.25) is 10.9 Å². The number of nitrogens with zero attached hydrogens (tertiary/aromatic N) is 2. The molecule has 6 nitrogen and oxygen atoms in total. The number of aryl methyl sites for hydroxylation is 1. The zero-order chi connectivity index (χ0) is 19.1. The quantitative estimate of drug-likeness (QED) is 0.367. The molecule has 26 heavy (non-hydrogen) atoms. The van der Waals surface area contributed by atoms with E-state index in [0.717, 1.165) is 16.5 Å². The first kappa shape index (κ1) is 19.7. The lowest BCUT2D eigenvalue weighted by molar-refractivity contribution is 0.974. The highest BCUT2D eigenvalue weighted by molar-refractivity contribution is 7.80. The summed E-state index contributed by atoms with van der Waals surface area (Å²) in [5.74, 6) is 0. The second-order valence-corrected chi connectivity index (χ2v) is 6.50. The van der Waals surface area contributed by atoms with Gasteiger partial charge < -0.3 is 10.6 Å². The SMILES string of the molecule is CNC(=S)N/N=C(C)\C(C)=N/NC(=S)Nc1cccc2cc(C)ccc12. The van der Waals surface area contributed by atoms with Gasteiger partial charge in [0.1, 0.15) is 0 Å². The molecule has 0 aliphatic carbocycles. The van der Waals surface area contributed by atoms with Crippen LogP contribution in [0.4, 0.5) is 5.69 Å². The Labute approximate surface area is 164 Å². The van der Waals surface area contributed by atoms with Crippen LogP contribution in [-0.2, 0) is 0 Å². The largest absolute Gasteiger partial charge is 0.364 e. The monoisotopic (exact) mass is 386 g/mol. The Morgan fingerprint density at radius 1 is 0.923 bits per heavy atom. The van der Waals surface area contributed by atoms with Crippen LogP contribution in [0.5, 0.6) is 0 Å². The third kappa shape index (κ3) is 5.47. The van der Waals surface area contributed by atoms with Crippen molar-refractivity contribution in [2.24, 2.45) is 10.2 Å². The molecule has 0 aliphatic heterocycles. The molecule has 0 saturated carbocycles. The van der Waals surface area contributed by atoms with Crippen molar-refractivity contribution in [2.45, 2.75) is 20.8 Å². The maximum absolute atomic E-state index is 5.34. The molecule has 0 unspecified atom stereocenters. The molecule has 0 bridgehead atoms. The van der Waals surface area contributed by atoms with Crippen molar-refractivity contribution < 1.29 is 0 Å². The van der Waals surface area contributed by atoms with Gasteiger partial charge >= 0.3 is 0 Å². The summed E-state index contributed by atoms with van der Waals surface area (Å²) in [7, 11) is 1.72. The Bertz CT molecular complexity index is 888. The Balaban J connectivity index is 2.04. The Morgan fingerprint density at radius 2 is 1.58 bits per heavy atom. The Morgan fingerprint density at radius 3 is 2.23 bits per heavy atom. The van der Waals surface area contributed by atoms with E-state index in [1.807, 2.05) is 26.0 Å². The molecule has 2 aromatic rings. The predicted octanol–water partition coefficient (Wildman–Crippen LogP) is 3.28. The molecule has 0 aliphatic rings. The second kappa shape index (κ2) is 9.21. The molecule has 0 radical (unpaired) electrons. The maximum atomic E-state index is 5.34. The highest BCUT2D eigenvalue weighted by Crippen LogP contribution is 2.24. The zero-order valence-corrected chi connectivity index (χ0v) is 16.8. The zero-order valence-electron chi connectivity index (χ0n) is 15.2. The fraction of sp³-hybridized carbons (Fsp3) is 0.222. The molecule has 0 atom stereocenters. The molecule has 0 heterocycles. The fourth-order valence-corrected chi connectivity index (χ4v) is 2.35. The van der Waals surface area contributed by atoms with Gasteiger partial charge in [0.05, 0.1) is 11.4 Å². The molecule has 0 fully saturated rings. The van der Waals surface area contributed by atoms with E-state index in [-0.39, 0.29) is 0 Å². The summed E-state index contributed by atoms with van der Waals surface area (Å²) in [6, 6.07) is 12.4. The normalized spacial score (nSPS) is 11.8. The molecule has 2 aromatic carbocycles. The van der Waals surface area contributed by atoms with Gasteiger partial charge in [0, 0.05) is 18.1 Å². The van der Waals surface area contributed by atoms with Gasteiger partial charge in [-0.15, -0.1) is 0 Å². The summed E-state index contributed by atoms with van der Waals surface area (Å²) < 4.78 is 0. The van der Waals surface area contributed by atoms with Crippen LogP contribution in [0, 0.1) is 6.92 Å². The molecule has 2 rings (SSSR count). The Kier molecular flexibility index (Phi) is 6.99. The van der Waals surface area contributed by atoms with E-state index < -0.39 is 0 Å². The average molecular weight is 387 g/mol. The highest BCUT2D eigenvalue weighted by Gasteiger charge is 2.04. The van der Waals surface area contributed by atoms with E-state index in [1.54, 1.807) is 7.05 Å². The average Bonchev–Trinajstić information content (AvgIpc) is 2.63. The number of hydrogen-bond acceptors (Lipinski definition) is 4. The molecule has 136 valence electrons. The van der Waals surface area contributed by atoms with Crippen molar-refractivity contribution in [3.8, 4) is 0 Å². The first-order chi connectivity index (χ1) is 12.4. The van der Waals surface area contributed by atoms with Crippen LogP contribution in [0.2, 0.25) is 0 Å². The third-order valence-electron chi connectivity index (χ3n) is 3.69. The summed E-state index contributed by atoms with van der Waals surface area (Å²) in [4.78, 5) is 0. The van der Waals surface area contributed by atoms with Gasteiger partial charge in [-0.2, -0.15) is 10.2 Å². The van der Waals surface area contributed by atoms with Crippen LogP contribution in [0.15, 0.2) is 46.6 Å². The number of rotatable bonds is 4. The van der Waals surface area contributed by atoms with Gasteiger partial charge in [-0.25, -0.2) is 0 Å². The molecule has 0 spiro atoms. The molecule has 0 amide bonds. The minimum absolute atomic E-state index is 0.406. The van der Waals surface area contributed by atoms with Gasteiger partial charge in [0.15, 0.2) is 10.2 Å². The number of thiocarbonyl (C=S) groups is 2. The third-order valence-corrected chi connectivity index (χ3v) is 4.17. The summed E-state index contributed by atoms with van der Waals surface area (Å²) in [6.45, 7) is 5.74. The van der Waals surface area contributed by atoms with Gasteiger partial charge in [-0.1, -0.05) is 35.9 Å². The van der Waals surface area contributed by atoms with Crippen LogP contribution in [-0.4, -0.2) is 28.7 Å². The standard InChI is InChI=1S/C18H22N6S2/c1-11-8-9-15-14(10-11)6-5-7-16(15)20-18(26)24-22-13(3)12(2)21-23-17(25)19-4/h5-10H,1-4H3,(H2,19,23,25)(H2,20,24,26)/b21-12-,22-13-. The maximum Gasteiger partial charge on any atom is 0.191 e. The number of hydrazone groups is 2. The predicted molar refractivity (Wildman–Crippen MR) is 119 cm³/mol. The lowest BCUT2D eigenvalue weighted by Gasteiger charge is -2.11. The van der Waals surface area contributed by atoms with E-state index in [1.165, 1.54) is 5.56 Å². The molecular weight excluding hydrogens is 364 g/mol. The molecule has 0 saturated heterocycles. The lowest BCUT2D eigenvalue weighted by Crippen LogP contribution is -2.30. The number of benzene rings is 2. The van der Waals surface area contributed by atoms with E-state index in [4.69, 9.17) is 24.4 Å². The molecule has 8 heteroatoms. The van der Waals surface area contributed by atoms with E-state index >= 15 is 0 Å². The van der Waals surface area contributed by atoms with Crippen molar-refractivity contribution in [1.29, 1.82) is 0 Å². The van der Waals surface area contributed by atoms with E-state index in [0.29, 0.717) is 21.6 Å². The van der Waals surface area contributed by atoms with Crippen molar-refractivity contribution >= 4 is 62.5 Å². The van der Waals surface area contributed by atoms with Crippen molar-refractivity contribution in [3.05, 3.63) is 42.0 Å². The van der Waals surface area contributed by atoms with Crippen LogP contribution in [0.25, 0.3) is 10.8 Å². The Hall–Kier alpha value is -2.58. The first-order valence-electron chi connectivity index (χ1n) is 8.03. The minimum Gasteiger partial charge on any atom is -0.364 e. The molecule has 0 aromatic heterocycles. The van der Waals surface area contributed by atoms with Crippen LogP contribution >= 0.6 is 24.4 Å². The van der Waals surface area contributed by atoms with Crippen LogP contribution in [0.3, 0.4) is 0 Å². The molecule has 4 N–H and O–H groups in total. The van der Waals surface area contributed by atoms with E-state index in [2.05, 4.69) is 62.9 Å². The summed E-state index contributed by atoms with van der Waals surface area (Å²) in [5.41, 5.74) is 9.09. The van der Waals surface area contributed by atoms with Crippen molar-refractivity contribution in [1.82, 2.24) is 16.2 Å². The second-order valence-electron chi connectivity index (χ2n) is 5.68. The summed E-state index contributed by atoms with van der Waals surface area (Å²) in [6.07, 6.45) is 0. The van der Waals surface area contributed by atoms with Gasteiger partial charge in [0.2, 0.25) is 0 Å². The molecular formula is C18H22N6S2. The topological polar surface area (TPSA) is 72.8 Å². The number of fused-ring (bicyclic) bond motifs is 1. The van der Waals surface area contributed by atoms with Gasteiger partial charge in [-0.05, 0) is 56.7 Å². The van der Waals surface area contributed by atoms with Crippen molar-refractivity contribution in [3.63, 3.8) is 0 Å². The lowest BCUT2D eigenvalue weighted by atomic mass is 10.1. The van der Waals surface area contributed by atoms with Gasteiger partial charge in [0.25, 0.3) is 0 Å². The smallest absolute Gasteiger partial charge is 0.191 e. The van der Waals surface area contributed by atoms with Crippen molar-refractivity contribution in [2.75, 3.05) is 12.4 Å². The summed E-state index contributed by atoms with van der Waals surface area (Å²) >= 11 is 10.3. The first-order valence-corrected chi connectivity index (χ1v) is 8.85. The number of nitrogens with one attached hydrogen (secondary N) is 4. The minimum atomic E-state index is 0.406. The number of anilines is 1.